The molecule has 0 aliphatic carbocycles. The number of ether oxygens (including phenoxy) is 1. The first-order valence-electron chi connectivity index (χ1n) is 2.99. The van der Waals surface area contributed by atoms with Crippen LogP contribution in [0.5, 0.6) is 0 Å². The Balaban J connectivity index is 4.18. The van der Waals surface area contributed by atoms with Gasteiger partial charge in [0, 0.05) is 6.21 Å². The predicted octanol–water partition coefficient (Wildman–Crippen LogP) is 1.60. The molecule has 0 spiro atoms. The van der Waals surface area contributed by atoms with Gasteiger partial charge in [-0.3, -0.25) is 4.99 Å². The van der Waals surface area contributed by atoms with Crippen LogP contribution < -0.4 is 0 Å². The van der Waals surface area contributed by atoms with Gasteiger partial charge in [0.15, 0.2) is 5.76 Å². The first-order valence-corrected chi connectivity index (χ1v) is 2.99. The molecule has 0 unspecified atom stereocenters. The molecular formula is C7H12N2O. The maximum atomic E-state index is 7.16. The van der Waals surface area contributed by atoms with Crippen molar-refractivity contribution < 1.29 is 4.74 Å². The van der Waals surface area contributed by atoms with E-state index in [-0.39, 0.29) is 0 Å². The lowest BCUT2D eigenvalue weighted by molar-refractivity contribution is 0.313. The van der Waals surface area contributed by atoms with Crippen molar-refractivity contribution in [2.24, 2.45) is 4.99 Å². The summed E-state index contributed by atoms with van der Waals surface area (Å²) in [4.78, 5) is 3.81. The smallest absolute Gasteiger partial charge is 0.157 e. The highest BCUT2D eigenvalue weighted by molar-refractivity contribution is 5.93. The minimum Gasteiger partial charge on any atom is -0.493 e. The summed E-state index contributed by atoms with van der Waals surface area (Å²) in [5.74, 6) is 0.498. The molecular weight excluding hydrogens is 128 g/mol. The molecule has 0 amide bonds. The van der Waals surface area contributed by atoms with Gasteiger partial charge in [0.1, 0.15) is 0 Å². The Labute approximate surface area is 60.9 Å². The van der Waals surface area contributed by atoms with E-state index in [1.807, 2.05) is 6.92 Å². The van der Waals surface area contributed by atoms with E-state index in [2.05, 4.69) is 4.99 Å². The van der Waals surface area contributed by atoms with Crippen LogP contribution in [0.1, 0.15) is 13.8 Å². The van der Waals surface area contributed by atoms with E-state index in [1.54, 1.807) is 13.1 Å². The zero-order valence-electron chi connectivity index (χ0n) is 6.51. The Morgan fingerprint density at radius 1 is 1.60 bits per heavy atom. The molecule has 0 rings (SSSR count). The van der Waals surface area contributed by atoms with Gasteiger partial charge >= 0.3 is 0 Å². The molecule has 0 aromatic rings. The quantitative estimate of drug-likeness (QED) is 0.469. The van der Waals surface area contributed by atoms with Gasteiger partial charge in [0.2, 0.25) is 0 Å². The first kappa shape index (κ1) is 8.88. The van der Waals surface area contributed by atoms with Crippen LogP contribution in [0.4, 0.5) is 0 Å². The second kappa shape index (κ2) is 4.73. The van der Waals surface area contributed by atoms with Crippen molar-refractivity contribution in [1.29, 1.82) is 5.41 Å². The molecule has 10 heavy (non-hydrogen) atoms. The number of hydrogen-bond donors (Lipinski definition) is 1. The Hall–Kier alpha value is -1.12. The summed E-state index contributed by atoms with van der Waals surface area (Å²) in [5, 5.41) is 7.16. The van der Waals surface area contributed by atoms with Crippen molar-refractivity contribution >= 4 is 11.9 Å². The largest absolute Gasteiger partial charge is 0.493 e. The maximum Gasteiger partial charge on any atom is 0.157 e. The van der Waals surface area contributed by atoms with Gasteiger partial charge in [0.05, 0.1) is 19.0 Å². The lowest BCUT2D eigenvalue weighted by Gasteiger charge is -1.99. The molecule has 56 valence electrons. The average Bonchev–Trinajstić information content (AvgIpc) is 1.89. The summed E-state index contributed by atoms with van der Waals surface area (Å²) in [6.07, 6.45) is 3.16. The Morgan fingerprint density at radius 3 is 2.50 bits per heavy atom. The number of allylic oxidation sites excluding steroid dienone is 1. The molecule has 3 nitrogen and oxygen atoms in total. The molecule has 0 saturated carbocycles. The molecule has 0 atom stereocenters. The van der Waals surface area contributed by atoms with Crippen LogP contribution >= 0.6 is 0 Å². The molecule has 0 aliphatic rings. The SMILES string of the molecule is C/C=N\C=C(\OC)C(C)=N. The van der Waals surface area contributed by atoms with Gasteiger partial charge in [0.25, 0.3) is 0 Å². The fourth-order valence-electron chi connectivity index (χ4n) is 0.445. The minimum atomic E-state index is 0.383. The van der Waals surface area contributed by atoms with Crippen LogP contribution in [-0.2, 0) is 4.74 Å². The van der Waals surface area contributed by atoms with Crippen molar-refractivity contribution in [3.05, 3.63) is 12.0 Å². The molecule has 0 aromatic heterocycles. The predicted molar refractivity (Wildman–Crippen MR) is 42.7 cm³/mol. The van der Waals surface area contributed by atoms with Crippen LogP contribution in [0.3, 0.4) is 0 Å². The zero-order valence-corrected chi connectivity index (χ0v) is 6.51. The van der Waals surface area contributed by atoms with Crippen molar-refractivity contribution in [3.63, 3.8) is 0 Å². The number of nitrogens with one attached hydrogen (secondary N) is 1. The van der Waals surface area contributed by atoms with Gasteiger partial charge in [-0.05, 0) is 13.8 Å². The highest BCUT2D eigenvalue weighted by Gasteiger charge is 1.94. The second-order valence-corrected chi connectivity index (χ2v) is 1.73. The monoisotopic (exact) mass is 140 g/mol. The van der Waals surface area contributed by atoms with Crippen molar-refractivity contribution in [2.75, 3.05) is 7.11 Å². The van der Waals surface area contributed by atoms with Crippen LogP contribution in [0.2, 0.25) is 0 Å². The fourth-order valence-corrected chi connectivity index (χ4v) is 0.445. The van der Waals surface area contributed by atoms with E-state index >= 15 is 0 Å². The Kier molecular flexibility index (Phi) is 4.20. The van der Waals surface area contributed by atoms with E-state index in [0.29, 0.717) is 11.5 Å². The molecule has 1 N–H and O–H groups in total. The molecule has 0 bridgehead atoms. The van der Waals surface area contributed by atoms with Crippen molar-refractivity contribution in [2.45, 2.75) is 13.8 Å². The normalized spacial score (nSPS) is 12.1. The molecule has 0 aliphatic heterocycles. The summed E-state index contributed by atoms with van der Waals surface area (Å²) < 4.78 is 4.84. The summed E-state index contributed by atoms with van der Waals surface area (Å²) in [6.45, 7) is 3.46. The molecule has 0 aromatic carbocycles. The summed E-state index contributed by atoms with van der Waals surface area (Å²) in [7, 11) is 1.52. The molecule has 3 heteroatoms. The third kappa shape index (κ3) is 3.02. The van der Waals surface area contributed by atoms with Gasteiger partial charge in [-0.15, -0.1) is 0 Å². The van der Waals surface area contributed by atoms with E-state index in [4.69, 9.17) is 10.1 Å². The molecule has 0 radical (unpaired) electrons. The van der Waals surface area contributed by atoms with Gasteiger partial charge in [-0.2, -0.15) is 0 Å². The van der Waals surface area contributed by atoms with Gasteiger partial charge in [-0.25, -0.2) is 0 Å². The van der Waals surface area contributed by atoms with Gasteiger partial charge < -0.3 is 10.1 Å². The highest BCUT2D eigenvalue weighted by Crippen LogP contribution is 1.96. The number of methoxy groups -OCH3 is 1. The van der Waals surface area contributed by atoms with Crippen molar-refractivity contribution in [3.8, 4) is 0 Å². The van der Waals surface area contributed by atoms with E-state index in [1.165, 1.54) is 13.3 Å². The minimum absolute atomic E-state index is 0.383. The van der Waals surface area contributed by atoms with Crippen LogP contribution in [-0.4, -0.2) is 19.0 Å². The second-order valence-electron chi connectivity index (χ2n) is 1.73. The van der Waals surface area contributed by atoms with Crippen LogP contribution in [0, 0.1) is 5.41 Å². The summed E-state index contributed by atoms with van der Waals surface area (Å²) >= 11 is 0. The standard InChI is InChI=1S/C7H12N2O/c1-4-9-5-7(10-3)6(2)8/h4-5,8H,1-3H3/b7-5+,8-6?,9-4-. The number of hydrogen-bond acceptors (Lipinski definition) is 3. The topological polar surface area (TPSA) is 45.4 Å². The molecule has 0 heterocycles. The van der Waals surface area contributed by atoms with E-state index in [0.717, 1.165) is 0 Å². The number of nitrogens with zero attached hydrogens (tertiary/aromatic N) is 1. The average molecular weight is 140 g/mol. The molecule has 0 saturated heterocycles. The number of aliphatic imine (C=N–C) groups is 1. The lowest BCUT2D eigenvalue weighted by atomic mass is 10.4. The maximum absolute atomic E-state index is 7.16. The lowest BCUT2D eigenvalue weighted by Crippen LogP contribution is -1.96. The summed E-state index contributed by atoms with van der Waals surface area (Å²) in [5.41, 5.74) is 0.383. The first-order chi connectivity index (χ1) is 4.72. The zero-order chi connectivity index (χ0) is 7.98. The highest BCUT2D eigenvalue weighted by atomic mass is 16.5. The number of rotatable bonds is 3. The third-order valence-electron chi connectivity index (χ3n) is 0.930. The summed E-state index contributed by atoms with van der Waals surface area (Å²) in [6, 6.07) is 0. The van der Waals surface area contributed by atoms with E-state index < -0.39 is 0 Å². The molecule has 0 fully saturated rings. The van der Waals surface area contributed by atoms with Gasteiger partial charge in [-0.1, -0.05) is 0 Å². The Bertz CT molecular complexity index is 170. The van der Waals surface area contributed by atoms with Crippen LogP contribution in [0.15, 0.2) is 17.0 Å². The fraction of sp³-hybridized carbons (Fsp3) is 0.429. The third-order valence-corrected chi connectivity index (χ3v) is 0.930. The Morgan fingerprint density at radius 2 is 2.20 bits per heavy atom. The van der Waals surface area contributed by atoms with Crippen molar-refractivity contribution in [1.82, 2.24) is 0 Å². The van der Waals surface area contributed by atoms with E-state index in [9.17, 15) is 0 Å². The van der Waals surface area contributed by atoms with Crippen LogP contribution in [0.25, 0.3) is 0 Å².